The van der Waals surface area contributed by atoms with E-state index in [1.165, 1.54) is 0 Å². The quantitative estimate of drug-likeness (QED) is 0.906. The fraction of sp³-hybridized carbons (Fsp3) is 0.562. The molecule has 20 heavy (non-hydrogen) atoms. The van der Waals surface area contributed by atoms with Crippen LogP contribution in [0.1, 0.15) is 31.2 Å². The van der Waals surface area contributed by atoms with E-state index in [2.05, 4.69) is 24.4 Å². The van der Waals surface area contributed by atoms with Crippen molar-refractivity contribution in [3.63, 3.8) is 0 Å². The first kappa shape index (κ1) is 17.0. The SMILES string of the molecule is CCC(C(=O)N1CCC(CNC)C1)c1ccccc1.Cl. The molecule has 1 aromatic rings. The zero-order valence-electron chi connectivity index (χ0n) is 12.3. The summed E-state index contributed by atoms with van der Waals surface area (Å²) >= 11 is 0. The zero-order valence-corrected chi connectivity index (χ0v) is 13.2. The maximum atomic E-state index is 12.6. The molecule has 112 valence electrons. The Hall–Kier alpha value is -1.06. The van der Waals surface area contributed by atoms with E-state index in [-0.39, 0.29) is 18.3 Å². The van der Waals surface area contributed by atoms with Crippen LogP contribution in [0.2, 0.25) is 0 Å². The van der Waals surface area contributed by atoms with Gasteiger partial charge < -0.3 is 10.2 Å². The molecule has 0 radical (unpaired) electrons. The lowest BCUT2D eigenvalue weighted by Crippen LogP contribution is -2.34. The van der Waals surface area contributed by atoms with Crippen molar-refractivity contribution in [2.75, 3.05) is 26.7 Å². The predicted octanol–water partition coefficient (Wildman–Crippen LogP) is 2.67. The Balaban J connectivity index is 0.00000200. The van der Waals surface area contributed by atoms with E-state index in [1.54, 1.807) is 0 Å². The fourth-order valence-corrected chi connectivity index (χ4v) is 2.95. The van der Waals surface area contributed by atoms with Crippen LogP contribution in [0.15, 0.2) is 30.3 Å². The number of hydrogen-bond donors (Lipinski definition) is 1. The second-order valence-electron chi connectivity index (χ2n) is 5.37. The third-order valence-corrected chi connectivity index (χ3v) is 4.00. The van der Waals surface area contributed by atoms with E-state index in [0.29, 0.717) is 11.8 Å². The Morgan fingerprint density at radius 1 is 1.40 bits per heavy atom. The lowest BCUT2D eigenvalue weighted by Gasteiger charge is -2.23. The van der Waals surface area contributed by atoms with Gasteiger partial charge in [0.1, 0.15) is 0 Å². The van der Waals surface area contributed by atoms with E-state index >= 15 is 0 Å². The Kier molecular flexibility index (Phi) is 7.03. The molecule has 1 saturated heterocycles. The van der Waals surface area contributed by atoms with E-state index < -0.39 is 0 Å². The Morgan fingerprint density at radius 3 is 2.70 bits per heavy atom. The number of hydrogen-bond acceptors (Lipinski definition) is 2. The summed E-state index contributed by atoms with van der Waals surface area (Å²) < 4.78 is 0. The summed E-state index contributed by atoms with van der Waals surface area (Å²) in [6.07, 6.45) is 1.99. The molecule has 4 heteroatoms. The van der Waals surface area contributed by atoms with Gasteiger partial charge in [0.25, 0.3) is 0 Å². The normalized spacial score (nSPS) is 19.5. The standard InChI is InChI=1S/C16H24N2O.ClH/c1-3-15(14-7-5-4-6-8-14)16(19)18-10-9-13(12-18)11-17-2;/h4-8,13,15,17H,3,9-12H2,1-2H3;1H. The van der Waals surface area contributed by atoms with Crippen LogP contribution in [0, 0.1) is 5.92 Å². The molecule has 0 saturated carbocycles. The van der Waals surface area contributed by atoms with E-state index in [9.17, 15) is 4.79 Å². The van der Waals surface area contributed by atoms with Gasteiger partial charge in [0.2, 0.25) is 5.91 Å². The molecular formula is C16H25ClN2O. The molecule has 2 unspecified atom stereocenters. The summed E-state index contributed by atoms with van der Waals surface area (Å²) in [5.74, 6) is 0.934. The van der Waals surface area contributed by atoms with Crippen molar-refractivity contribution in [1.29, 1.82) is 0 Å². The molecule has 1 N–H and O–H groups in total. The third kappa shape index (κ3) is 3.97. The van der Waals surface area contributed by atoms with E-state index in [4.69, 9.17) is 0 Å². The molecule has 0 spiro atoms. The molecule has 1 aromatic carbocycles. The highest BCUT2D eigenvalue weighted by molar-refractivity contribution is 5.85. The second-order valence-corrected chi connectivity index (χ2v) is 5.37. The molecular weight excluding hydrogens is 272 g/mol. The zero-order chi connectivity index (χ0) is 13.7. The lowest BCUT2D eigenvalue weighted by molar-refractivity contribution is -0.132. The summed E-state index contributed by atoms with van der Waals surface area (Å²) in [5, 5.41) is 3.21. The van der Waals surface area contributed by atoms with Crippen LogP contribution in [0.4, 0.5) is 0 Å². The number of likely N-dealkylation sites (tertiary alicyclic amines) is 1. The van der Waals surface area contributed by atoms with Gasteiger partial charge in [0.05, 0.1) is 5.92 Å². The van der Waals surface area contributed by atoms with Crippen LogP contribution in [0.5, 0.6) is 0 Å². The van der Waals surface area contributed by atoms with Gasteiger partial charge in [-0.3, -0.25) is 4.79 Å². The van der Waals surface area contributed by atoms with Crippen LogP contribution in [-0.2, 0) is 4.79 Å². The highest BCUT2D eigenvalue weighted by Crippen LogP contribution is 2.25. The minimum Gasteiger partial charge on any atom is -0.342 e. The molecule has 2 atom stereocenters. The maximum absolute atomic E-state index is 12.6. The molecule has 3 nitrogen and oxygen atoms in total. The number of carbonyl (C=O) groups is 1. The average Bonchev–Trinajstić information content (AvgIpc) is 2.90. The van der Waals surface area contributed by atoms with Gasteiger partial charge in [-0.15, -0.1) is 12.4 Å². The minimum absolute atomic E-state index is 0. The van der Waals surface area contributed by atoms with Crippen LogP contribution in [0.25, 0.3) is 0 Å². The van der Waals surface area contributed by atoms with Crippen molar-refractivity contribution in [2.24, 2.45) is 5.92 Å². The highest BCUT2D eigenvalue weighted by atomic mass is 35.5. The van der Waals surface area contributed by atoms with Gasteiger partial charge in [-0.05, 0) is 37.9 Å². The Bertz CT molecular complexity index is 410. The Labute approximate surface area is 128 Å². The first-order valence-corrected chi connectivity index (χ1v) is 7.24. The fourth-order valence-electron chi connectivity index (χ4n) is 2.95. The van der Waals surface area contributed by atoms with Gasteiger partial charge in [0, 0.05) is 13.1 Å². The summed E-state index contributed by atoms with van der Waals surface area (Å²) in [5.41, 5.74) is 1.15. The van der Waals surface area contributed by atoms with Crippen molar-refractivity contribution in [3.8, 4) is 0 Å². The van der Waals surface area contributed by atoms with Gasteiger partial charge in [0.15, 0.2) is 0 Å². The van der Waals surface area contributed by atoms with Gasteiger partial charge in [-0.1, -0.05) is 37.3 Å². The summed E-state index contributed by atoms with van der Waals surface area (Å²) in [4.78, 5) is 14.7. The average molecular weight is 297 g/mol. The van der Waals surface area contributed by atoms with Crippen LogP contribution in [0.3, 0.4) is 0 Å². The number of benzene rings is 1. The first-order chi connectivity index (χ1) is 9.26. The van der Waals surface area contributed by atoms with Crippen molar-refractivity contribution >= 4 is 18.3 Å². The third-order valence-electron chi connectivity index (χ3n) is 4.00. The second kappa shape index (κ2) is 8.28. The molecule has 1 aliphatic heterocycles. The molecule has 1 fully saturated rings. The number of nitrogens with one attached hydrogen (secondary N) is 1. The number of halogens is 1. The molecule has 1 heterocycles. The van der Waals surface area contributed by atoms with Gasteiger partial charge in [-0.2, -0.15) is 0 Å². The number of nitrogens with zero attached hydrogens (tertiary/aromatic N) is 1. The molecule has 0 bridgehead atoms. The summed E-state index contributed by atoms with van der Waals surface area (Å²) in [6.45, 7) is 4.92. The molecule has 2 rings (SSSR count). The van der Waals surface area contributed by atoms with Crippen LogP contribution in [-0.4, -0.2) is 37.5 Å². The number of rotatable bonds is 5. The molecule has 0 aliphatic carbocycles. The molecule has 1 aliphatic rings. The maximum Gasteiger partial charge on any atom is 0.230 e. The van der Waals surface area contributed by atoms with Crippen molar-refractivity contribution in [1.82, 2.24) is 10.2 Å². The monoisotopic (exact) mass is 296 g/mol. The number of amides is 1. The van der Waals surface area contributed by atoms with Crippen LogP contribution < -0.4 is 5.32 Å². The van der Waals surface area contributed by atoms with Crippen molar-refractivity contribution < 1.29 is 4.79 Å². The highest BCUT2D eigenvalue weighted by Gasteiger charge is 2.30. The van der Waals surface area contributed by atoms with Crippen molar-refractivity contribution in [2.45, 2.75) is 25.7 Å². The van der Waals surface area contributed by atoms with E-state index in [0.717, 1.165) is 38.0 Å². The molecule has 1 amide bonds. The number of carbonyl (C=O) groups excluding carboxylic acids is 1. The smallest absolute Gasteiger partial charge is 0.230 e. The molecule has 0 aromatic heterocycles. The largest absolute Gasteiger partial charge is 0.342 e. The predicted molar refractivity (Wildman–Crippen MR) is 85.3 cm³/mol. The topological polar surface area (TPSA) is 32.3 Å². The van der Waals surface area contributed by atoms with E-state index in [1.807, 2.05) is 30.1 Å². The van der Waals surface area contributed by atoms with Gasteiger partial charge >= 0.3 is 0 Å². The van der Waals surface area contributed by atoms with Crippen molar-refractivity contribution in [3.05, 3.63) is 35.9 Å². The van der Waals surface area contributed by atoms with Crippen LogP contribution >= 0.6 is 12.4 Å². The summed E-state index contributed by atoms with van der Waals surface area (Å²) in [7, 11) is 1.98. The lowest BCUT2D eigenvalue weighted by atomic mass is 9.95. The Morgan fingerprint density at radius 2 is 2.10 bits per heavy atom. The minimum atomic E-state index is 0. The summed E-state index contributed by atoms with van der Waals surface area (Å²) in [6, 6.07) is 10.2. The van der Waals surface area contributed by atoms with Gasteiger partial charge in [-0.25, -0.2) is 0 Å². The first-order valence-electron chi connectivity index (χ1n) is 7.24.